The predicted octanol–water partition coefficient (Wildman–Crippen LogP) is 2.23. The summed E-state index contributed by atoms with van der Waals surface area (Å²) in [5.41, 5.74) is 6.33. The molecule has 1 aromatic rings. The van der Waals surface area contributed by atoms with Crippen molar-refractivity contribution in [2.75, 3.05) is 0 Å². The largest absolute Gasteiger partial charge is 0.315 e. The molecule has 2 heterocycles. The van der Waals surface area contributed by atoms with E-state index in [1.54, 1.807) is 23.6 Å². The highest BCUT2D eigenvalue weighted by molar-refractivity contribution is 8.13. The molecule has 22 heavy (non-hydrogen) atoms. The Kier molecular flexibility index (Phi) is 3.82. The van der Waals surface area contributed by atoms with Crippen LogP contribution >= 0.6 is 23.5 Å². The Hall–Kier alpha value is -0.980. The fourth-order valence-corrected chi connectivity index (χ4v) is 5.78. The van der Waals surface area contributed by atoms with Gasteiger partial charge in [0.1, 0.15) is 17.0 Å². The summed E-state index contributed by atoms with van der Waals surface area (Å²) in [6.07, 6.45) is 0. The second kappa shape index (κ2) is 5.28. The van der Waals surface area contributed by atoms with Gasteiger partial charge in [-0.25, -0.2) is 0 Å². The molecule has 2 aliphatic rings. The molecule has 0 spiro atoms. The predicted molar refractivity (Wildman–Crippen MR) is 91.4 cm³/mol. The lowest BCUT2D eigenvalue weighted by molar-refractivity contribution is -0.156. The summed E-state index contributed by atoms with van der Waals surface area (Å²) < 4.78 is -0.307. The first-order valence-corrected chi connectivity index (χ1v) is 9.12. The number of benzene rings is 1. The molecular formula is C16H20N2O2S2. The smallest absolute Gasteiger partial charge is 0.247 e. The van der Waals surface area contributed by atoms with Gasteiger partial charge in [0.15, 0.2) is 0 Å². The van der Waals surface area contributed by atoms with Crippen LogP contribution in [0.3, 0.4) is 0 Å². The third kappa shape index (κ3) is 2.37. The summed E-state index contributed by atoms with van der Waals surface area (Å²) >= 11 is 2.92. The number of β-lactam (4-membered cyclic amide) rings is 1. The Bertz CT molecular complexity index is 616. The van der Waals surface area contributed by atoms with E-state index in [1.807, 2.05) is 44.2 Å². The molecule has 0 saturated carbocycles. The van der Waals surface area contributed by atoms with E-state index in [2.05, 4.69) is 0 Å². The normalized spacial score (nSPS) is 32.5. The average Bonchev–Trinajstić information content (AvgIpc) is 2.76. The van der Waals surface area contributed by atoms with Crippen molar-refractivity contribution in [3.05, 3.63) is 35.9 Å². The van der Waals surface area contributed by atoms with Crippen LogP contribution in [0.4, 0.5) is 0 Å². The lowest BCUT2D eigenvalue weighted by Crippen LogP contribution is -2.76. The lowest BCUT2D eigenvalue weighted by atomic mass is 9.88. The van der Waals surface area contributed by atoms with Crippen molar-refractivity contribution in [1.82, 2.24) is 4.90 Å². The Labute approximate surface area is 139 Å². The van der Waals surface area contributed by atoms with E-state index in [4.69, 9.17) is 5.73 Å². The molecule has 2 aliphatic heterocycles. The standard InChI is InChI=1S/C16H20N2O2S2/c1-15(2)11(18-13(20)16(3,17)14(18)22-15)12(19)21-9-10-7-5-4-6-8-10/h4-8,11,14H,9,17H2,1-3H3/t11-,14+,16-/m0/s1. The zero-order valence-electron chi connectivity index (χ0n) is 12.9. The topological polar surface area (TPSA) is 63.4 Å². The quantitative estimate of drug-likeness (QED) is 0.858. The number of rotatable bonds is 3. The van der Waals surface area contributed by atoms with E-state index in [-0.39, 0.29) is 21.1 Å². The van der Waals surface area contributed by atoms with Crippen LogP contribution in [-0.4, -0.2) is 37.6 Å². The van der Waals surface area contributed by atoms with E-state index < -0.39 is 11.6 Å². The van der Waals surface area contributed by atoms with E-state index in [1.165, 1.54) is 11.8 Å². The maximum atomic E-state index is 12.7. The molecule has 2 saturated heterocycles. The highest BCUT2D eigenvalue weighted by Crippen LogP contribution is 2.54. The maximum absolute atomic E-state index is 12.7. The van der Waals surface area contributed by atoms with Gasteiger partial charge < -0.3 is 10.6 Å². The van der Waals surface area contributed by atoms with Crippen LogP contribution < -0.4 is 5.73 Å². The number of thioether (sulfide) groups is 2. The molecule has 4 nitrogen and oxygen atoms in total. The van der Waals surface area contributed by atoms with Crippen LogP contribution in [0.5, 0.6) is 0 Å². The zero-order valence-corrected chi connectivity index (χ0v) is 14.5. The molecule has 118 valence electrons. The van der Waals surface area contributed by atoms with Gasteiger partial charge in [-0.15, -0.1) is 11.8 Å². The van der Waals surface area contributed by atoms with Crippen LogP contribution in [0.15, 0.2) is 30.3 Å². The van der Waals surface area contributed by atoms with Gasteiger partial charge in [-0.3, -0.25) is 9.59 Å². The van der Waals surface area contributed by atoms with E-state index >= 15 is 0 Å². The van der Waals surface area contributed by atoms with Crippen LogP contribution in [0.1, 0.15) is 26.3 Å². The van der Waals surface area contributed by atoms with Crippen molar-refractivity contribution < 1.29 is 9.59 Å². The fraction of sp³-hybridized carbons (Fsp3) is 0.500. The lowest BCUT2D eigenvalue weighted by Gasteiger charge is -2.49. The number of nitrogens with zero attached hydrogens (tertiary/aromatic N) is 1. The van der Waals surface area contributed by atoms with E-state index in [0.717, 1.165) is 5.56 Å². The number of nitrogens with two attached hydrogens (primary N) is 1. The number of fused-ring (bicyclic) bond motifs is 1. The van der Waals surface area contributed by atoms with Crippen molar-refractivity contribution in [2.45, 2.75) is 48.2 Å². The van der Waals surface area contributed by atoms with Crippen LogP contribution in [0.25, 0.3) is 0 Å². The molecular weight excluding hydrogens is 316 g/mol. The Morgan fingerprint density at radius 2 is 1.95 bits per heavy atom. The van der Waals surface area contributed by atoms with Gasteiger partial charge in [-0.2, -0.15) is 0 Å². The SMILES string of the molecule is CC1(C)S[C@H]2N(C(=O)[C@]2(C)N)[C@H]1C(=O)SCc1ccccc1. The van der Waals surface area contributed by atoms with Gasteiger partial charge in [-0.05, 0) is 26.3 Å². The Morgan fingerprint density at radius 1 is 1.32 bits per heavy atom. The van der Waals surface area contributed by atoms with Crippen molar-refractivity contribution in [3.8, 4) is 0 Å². The number of hydrogen-bond donors (Lipinski definition) is 1. The van der Waals surface area contributed by atoms with Gasteiger partial charge >= 0.3 is 0 Å². The minimum absolute atomic E-state index is 0.0488. The highest BCUT2D eigenvalue weighted by Gasteiger charge is 2.67. The number of hydrogen-bond acceptors (Lipinski definition) is 5. The van der Waals surface area contributed by atoms with Gasteiger partial charge in [0.25, 0.3) is 0 Å². The molecule has 6 heteroatoms. The van der Waals surface area contributed by atoms with Gasteiger partial charge in [-0.1, -0.05) is 42.1 Å². The first-order valence-electron chi connectivity index (χ1n) is 7.25. The number of amides is 1. The molecule has 1 amide bonds. The summed E-state index contributed by atoms with van der Waals surface area (Å²) in [6, 6.07) is 9.49. The number of carbonyl (C=O) groups excluding carboxylic acids is 2. The van der Waals surface area contributed by atoms with Crippen molar-refractivity contribution in [2.24, 2.45) is 5.73 Å². The third-order valence-corrected chi connectivity index (χ3v) is 7.02. The molecule has 0 bridgehead atoms. The zero-order chi connectivity index (χ0) is 16.1. The minimum atomic E-state index is -0.846. The summed E-state index contributed by atoms with van der Waals surface area (Å²) in [5.74, 6) is 0.512. The molecule has 0 aromatic heterocycles. The molecule has 0 aliphatic carbocycles. The van der Waals surface area contributed by atoms with Crippen LogP contribution in [0, 0.1) is 0 Å². The third-order valence-electron chi connectivity index (χ3n) is 4.26. The molecule has 0 unspecified atom stereocenters. The first kappa shape index (κ1) is 15.9. The van der Waals surface area contributed by atoms with Crippen LogP contribution in [0.2, 0.25) is 0 Å². The average molecular weight is 336 g/mol. The molecule has 1 aromatic carbocycles. The van der Waals surface area contributed by atoms with Gasteiger partial charge in [0, 0.05) is 10.5 Å². The summed E-state index contributed by atoms with van der Waals surface area (Å²) in [5, 5.41) is -0.0472. The van der Waals surface area contributed by atoms with Gasteiger partial charge in [0.2, 0.25) is 11.0 Å². The second-order valence-electron chi connectivity index (χ2n) is 6.56. The monoisotopic (exact) mass is 336 g/mol. The highest BCUT2D eigenvalue weighted by atomic mass is 32.2. The summed E-state index contributed by atoms with van der Waals surface area (Å²) in [4.78, 5) is 26.6. The van der Waals surface area contributed by atoms with Gasteiger partial charge in [0.05, 0.1) is 0 Å². The van der Waals surface area contributed by atoms with E-state index in [9.17, 15) is 9.59 Å². The second-order valence-corrected chi connectivity index (χ2v) is 9.28. The number of carbonyl (C=O) groups is 2. The van der Waals surface area contributed by atoms with Crippen molar-refractivity contribution in [1.29, 1.82) is 0 Å². The maximum Gasteiger partial charge on any atom is 0.247 e. The van der Waals surface area contributed by atoms with Crippen molar-refractivity contribution in [3.63, 3.8) is 0 Å². The summed E-state index contributed by atoms with van der Waals surface area (Å²) in [7, 11) is 0. The minimum Gasteiger partial charge on any atom is -0.315 e. The molecule has 3 rings (SSSR count). The van der Waals surface area contributed by atoms with Crippen molar-refractivity contribution >= 4 is 34.5 Å². The first-order chi connectivity index (χ1) is 10.2. The molecule has 2 N–H and O–H groups in total. The Morgan fingerprint density at radius 3 is 2.59 bits per heavy atom. The summed E-state index contributed by atoms with van der Waals surface area (Å²) in [6.45, 7) is 5.79. The molecule has 0 radical (unpaired) electrons. The molecule has 3 atom stereocenters. The Balaban J connectivity index is 1.73. The molecule has 2 fully saturated rings. The van der Waals surface area contributed by atoms with E-state index in [0.29, 0.717) is 5.75 Å². The van der Waals surface area contributed by atoms with Crippen LogP contribution in [-0.2, 0) is 15.3 Å². The fourth-order valence-electron chi connectivity index (χ4n) is 3.04.